The molecule has 1 amide bonds. The maximum atomic E-state index is 11.6. The van der Waals surface area contributed by atoms with Crippen molar-refractivity contribution in [2.24, 2.45) is 0 Å². The molecule has 0 unspecified atom stereocenters. The highest BCUT2D eigenvalue weighted by atomic mass is 16.1. The van der Waals surface area contributed by atoms with Gasteiger partial charge in [-0.1, -0.05) is 24.3 Å². The van der Waals surface area contributed by atoms with Crippen molar-refractivity contribution >= 4 is 29.0 Å². The highest BCUT2D eigenvalue weighted by molar-refractivity contribution is 5.83. The second-order valence-electron chi connectivity index (χ2n) is 4.45. The Labute approximate surface area is 115 Å². The summed E-state index contributed by atoms with van der Waals surface area (Å²) in [6.45, 7) is 0. The number of rotatable bonds is 0. The van der Waals surface area contributed by atoms with Crippen molar-refractivity contribution in [3.63, 3.8) is 0 Å². The molecule has 4 heteroatoms. The molecule has 1 N–H and O–H groups in total. The number of benzene rings is 1. The van der Waals surface area contributed by atoms with Gasteiger partial charge in [0.05, 0.1) is 5.52 Å². The van der Waals surface area contributed by atoms with Crippen LogP contribution in [-0.4, -0.2) is 15.9 Å². The monoisotopic (exact) mass is 263 g/mol. The summed E-state index contributed by atoms with van der Waals surface area (Å²) in [6, 6.07) is 4.01. The topological polar surface area (TPSA) is 54.9 Å². The first-order valence-electron chi connectivity index (χ1n) is 6.36. The van der Waals surface area contributed by atoms with Crippen molar-refractivity contribution in [3.8, 4) is 0 Å². The summed E-state index contributed by atoms with van der Waals surface area (Å²) in [5, 5.41) is 5.72. The van der Waals surface area contributed by atoms with E-state index in [0.717, 1.165) is 21.3 Å². The molecule has 4 nitrogen and oxygen atoms in total. The van der Waals surface area contributed by atoms with Gasteiger partial charge in [-0.3, -0.25) is 4.79 Å². The SMILES string of the molecule is O=C1CC=c2cc3cncnc3cc2=CC=CC=CN1. The number of aromatic nitrogens is 2. The number of nitrogens with zero attached hydrogens (tertiary/aromatic N) is 2. The first-order chi connectivity index (χ1) is 9.83. The molecule has 0 radical (unpaired) electrons. The van der Waals surface area contributed by atoms with Gasteiger partial charge in [0.25, 0.3) is 0 Å². The highest BCUT2D eigenvalue weighted by Gasteiger charge is 1.98. The molecule has 20 heavy (non-hydrogen) atoms. The van der Waals surface area contributed by atoms with E-state index >= 15 is 0 Å². The molecule has 0 saturated carbocycles. The first-order valence-corrected chi connectivity index (χ1v) is 6.36. The second kappa shape index (κ2) is 5.48. The predicted molar refractivity (Wildman–Crippen MR) is 78.8 cm³/mol. The molecular weight excluding hydrogens is 250 g/mol. The number of amides is 1. The molecule has 0 aliphatic carbocycles. The summed E-state index contributed by atoms with van der Waals surface area (Å²) in [6.07, 6.45) is 14.8. The molecule has 0 spiro atoms. The van der Waals surface area contributed by atoms with Crippen molar-refractivity contribution in [2.75, 3.05) is 0 Å². The van der Waals surface area contributed by atoms with Gasteiger partial charge in [0, 0.05) is 24.2 Å². The van der Waals surface area contributed by atoms with Gasteiger partial charge >= 0.3 is 0 Å². The maximum Gasteiger partial charge on any atom is 0.227 e. The van der Waals surface area contributed by atoms with E-state index in [0.29, 0.717) is 6.42 Å². The third-order valence-electron chi connectivity index (χ3n) is 3.06. The summed E-state index contributed by atoms with van der Waals surface area (Å²) in [5.41, 5.74) is 0.895. The molecule has 0 bridgehead atoms. The predicted octanol–water partition coefficient (Wildman–Crippen LogP) is 0.781. The molecular formula is C16H13N3O. The molecule has 1 aromatic heterocycles. The smallest absolute Gasteiger partial charge is 0.227 e. The van der Waals surface area contributed by atoms with Crippen molar-refractivity contribution in [1.29, 1.82) is 0 Å². The average Bonchev–Trinajstić information content (AvgIpc) is 2.51. The number of allylic oxidation sites excluding steroid dienone is 3. The molecule has 0 atom stereocenters. The Balaban J connectivity index is 2.26. The van der Waals surface area contributed by atoms with Crippen molar-refractivity contribution in [1.82, 2.24) is 15.3 Å². The van der Waals surface area contributed by atoms with Gasteiger partial charge in [0.2, 0.25) is 5.91 Å². The molecule has 2 heterocycles. The van der Waals surface area contributed by atoms with Crippen LogP contribution in [0.2, 0.25) is 0 Å². The van der Waals surface area contributed by atoms with E-state index in [-0.39, 0.29) is 5.91 Å². The molecule has 1 aliphatic heterocycles. The van der Waals surface area contributed by atoms with E-state index in [1.165, 1.54) is 6.33 Å². The van der Waals surface area contributed by atoms with E-state index in [1.807, 2.05) is 36.4 Å². The summed E-state index contributed by atoms with van der Waals surface area (Å²) in [5.74, 6) is -0.0353. The van der Waals surface area contributed by atoms with Gasteiger partial charge in [-0.25, -0.2) is 9.97 Å². The zero-order valence-corrected chi connectivity index (χ0v) is 10.8. The third-order valence-corrected chi connectivity index (χ3v) is 3.06. The largest absolute Gasteiger partial charge is 0.332 e. The minimum absolute atomic E-state index is 0.0353. The van der Waals surface area contributed by atoms with E-state index < -0.39 is 0 Å². The van der Waals surface area contributed by atoms with Crippen LogP contribution in [0.5, 0.6) is 0 Å². The Morgan fingerprint density at radius 1 is 1.10 bits per heavy atom. The van der Waals surface area contributed by atoms with E-state index in [2.05, 4.69) is 15.3 Å². The Morgan fingerprint density at radius 2 is 2.05 bits per heavy atom. The van der Waals surface area contributed by atoms with Crippen LogP contribution in [0, 0.1) is 0 Å². The number of hydrogen-bond acceptors (Lipinski definition) is 3. The minimum Gasteiger partial charge on any atom is -0.332 e. The van der Waals surface area contributed by atoms with Crippen LogP contribution in [0.3, 0.4) is 0 Å². The molecule has 2 aromatic rings. The summed E-state index contributed by atoms with van der Waals surface area (Å²) in [7, 11) is 0. The van der Waals surface area contributed by atoms with Gasteiger partial charge in [0.15, 0.2) is 0 Å². The van der Waals surface area contributed by atoms with Crippen molar-refractivity contribution in [3.05, 3.63) is 59.5 Å². The van der Waals surface area contributed by atoms with Gasteiger partial charge in [-0.2, -0.15) is 0 Å². The normalized spacial score (nSPS) is 14.7. The quantitative estimate of drug-likeness (QED) is 0.764. The van der Waals surface area contributed by atoms with Gasteiger partial charge < -0.3 is 5.32 Å². The lowest BCUT2D eigenvalue weighted by Gasteiger charge is -1.98. The number of carbonyl (C=O) groups is 1. The third kappa shape index (κ3) is 2.64. The lowest BCUT2D eigenvalue weighted by Crippen LogP contribution is -2.25. The van der Waals surface area contributed by atoms with E-state index in [1.54, 1.807) is 18.5 Å². The second-order valence-corrected chi connectivity index (χ2v) is 4.45. The fourth-order valence-corrected chi connectivity index (χ4v) is 2.07. The molecule has 1 aliphatic rings. The number of hydrogen-bond donors (Lipinski definition) is 1. The van der Waals surface area contributed by atoms with Crippen LogP contribution in [0.25, 0.3) is 23.1 Å². The van der Waals surface area contributed by atoms with Crippen LogP contribution in [0.1, 0.15) is 6.42 Å². The molecule has 1 aromatic carbocycles. The number of fused-ring (bicyclic) bond motifs is 2. The lowest BCUT2D eigenvalue weighted by molar-refractivity contribution is -0.119. The fraction of sp³-hybridized carbons (Fsp3) is 0.0625. The van der Waals surface area contributed by atoms with Crippen LogP contribution >= 0.6 is 0 Å². The molecule has 98 valence electrons. The Morgan fingerprint density at radius 3 is 3.00 bits per heavy atom. The highest BCUT2D eigenvalue weighted by Crippen LogP contribution is 2.02. The lowest BCUT2D eigenvalue weighted by atomic mass is 10.1. The van der Waals surface area contributed by atoms with Crippen molar-refractivity contribution in [2.45, 2.75) is 6.42 Å². The molecule has 0 fully saturated rings. The van der Waals surface area contributed by atoms with Gasteiger partial charge in [0.1, 0.15) is 6.33 Å². The van der Waals surface area contributed by atoms with E-state index in [9.17, 15) is 4.79 Å². The summed E-state index contributed by atoms with van der Waals surface area (Å²) >= 11 is 0. The zero-order chi connectivity index (χ0) is 13.8. The summed E-state index contributed by atoms with van der Waals surface area (Å²) in [4.78, 5) is 19.9. The molecule has 3 rings (SSSR count). The fourth-order valence-electron chi connectivity index (χ4n) is 2.07. The van der Waals surface area contributed by atoms with Crippen LogP contribution in [0.15, 0.2) is 49.1 Å². The van der Waals surface area contributed by atoms with E-state index in [4.69, 9.17) is 0 Å². The average molecular weight is 263 g/mol. The van der Waals surface area contributed by atoms with Gasteiger partial charge in [-0.05, 0) is 28.6 Å². The Kier molecular flexibility index (Phi) is 3.37. The number of nitrogens with one attached hydrogen (secondary N) is 1. The van der Waals surface area contributed by atoms with Crippen LogP contribution < -0.4 is 15.8 Å². The minimum atomic E-state index is -0.0353. The Bertz CT molecular complexity index is 834. The summed E-state index contributed by atoms with van der Waals surface area (Å²) < 4.78 is 0. The van der Waals surface area contributed by atoms with Crippen LogP contribution in [0.4, 0.5) is 0 Å². The maximum absolute atomic E-state index is 11.6. The first kappa shape index (κ1) is 12.3. The van der Waals surface area contributed by atoms with Crippen molar-refractivity contribution < 1.29 is 4.79 Å². The standard InChI is InChI=1S/C16H13N3O/c20-16-6-5-13-8-14-10-17-11-19-15(14)9-12(13)4-2-1-3-7-18-16/h1-5,7-11H,6H2,(H,18,20). The zero-order valence-electron chi connectivity index (χ0n) is 10.8. The number of carbonyl (C=O) groups excluding carboxylic acids is 1. The van der Waals surface area contributed by atoms with Crippen LogP contribution in [-0.2, 0) is 4.79 Å². The van der Waals surface area contributed by atoms with Gasteiger partial charge in [-0.15, -0.1) is 0 Å². The Hall–Kier alpha value is -2.75. The molecule has 0 saturated heterocycles.